The molecule has 0 bridgehead atoms. The van der Waals surface area contributed by atoms with Crippen molar-refractivity contribution in [2.45, 2.75) is 45.8 Å². The van der Waals surface area contributed by atoms with Crippen molar-refractivity contribution >= 4 is 25.1 Å². The van der Waals surface area contributed by atoms with Gasteiger partial charge in [-0.05, 0) is 20.8 Å². The van der Waals surface area contributed by atoms with Gasteiger partial charge in [-0.2, -0.15) is 0 Å². The summed E-state index contributed by atoms with van der Waals surface area (Å²) >= 11 is 6.01. The van der Waals surface area contributed by atoms with Gasteiger partial charge in [0.2, 0.25) is 5.12 Å². The van der Waals surface area contributed by atoms with Crippen molar-refractivity contribution in [2.24, 2.45) is 0 Å². The molecule has 0 aliphatic carbocycles. The van der Waals surface area contributed by atoms with Crippen LogP contribution in [0.3, 0.4) is 0 Å². The number of halogens is 1. The molecule has 0 rings (SSSR count). The molecular weight excluding hydrogens is 277 g/mol. The molecular formula is C11H23ClNO4P. The zero-order valence-electron chi connectivity index (χ0n) is 11.7. The molecule has 0 radical (unpaired) electrons. The molecule has 108 valence electrons. The standard InChI is InChI=1S/C11H23ClNO4P/c1-6-13(7-2)18(15,16-8-3)10(12)11(14)17-9(4)5/h9-10H,6-8H2,1-5H3. The Kier molecular flexibility index (Phi) is 8.11. The molecule has 2 unspecified atom stereocenters. The minimum absolute atomic E-state index is 0.228. The third-order valence-corrected chi connectivity index (χ3v) is 5.96. The van der Waals surface area contributed by atoms with Crippen molar-refractivity contribution in [3.63, 3.8) is 0 Å². The topological polar surface area (TPSA) is 55.8 Å². The second-order valence-corrected chi connectivity index (χ2v) is 7.15. The molecule has 0 aliphatic heterocycles. The van der Waals surface area contributed by atoms with Gasteiger partial charge < -0.3 is 9.26 Å². The molecule has 0 amide bonds. The second-order valence-electron chi connectivity index (χ2n) is 3.94. The van der Waals surface area contributed by atoms with Crippen molar-refractivity contribution in [1.29, 1.82) is 0 Å². The van der Waals surface area contributed by atoms with Crippen LogP contribution in [-0.2, 0) is 18.6 Å². The maximum atomic E-state index is 12.8. The highest BCUT2D eigenvalue weighted by Gasteiger charge is 2.43. The van der Waals surface area contributed by atoms with Gasteiger partial charge in [0.1, 0.15) is 0 Å². The summed E-state index contributed by atoms with van der Waals surface area (Å²) in [6.45, 7) is 10.0. The van der Waals surface area contributed by atoms with E-state index in [-0.39, 0.29) is 12.7 Å². The van der Waals surface area contributed by atoms with Crippen LogP contribution in [0, 0.1) is 0 Å². The van der Waals surface area contributed by atoms with Gasteiger partial charge in [0.15, 0.2) is 0 Å². The monoisotopic (exact) mass is 299 g/mol. The Hall–Kier alpha value is -0.0900. The largest absolute Gasteiger partial charge is 0.461 e. The summed E-state index contributed by atoms with van der Waals surface area (Å²) in [5, 5.41) is -1.29. The Morgan fingerprint density at radius 3 is 2.11 bits per heavy atom. The quantitative estimate of drug-likeness (QED) is 0.392. The van der Waals surface area contributed by atoms with Crippen molar-refractivity contribution < 1.29 is 18.6 Å². The molecule has 7 heteroatoms. The molecule has 2 atom stereocenters. The number of hydrogen-bond acceptors (Lipinski definition) is 4. The molecule has 0 saturated heterocycles. The lowest BCUT2D eigenvalue weighted by Crippen LogP contribution is -2.31. The molecule has 0 aromatic carbocycles. The lowest BCUT2D eigenvalue weighted by Gasteiger charge is -2.31. The van der Waals surface area contributed by atoms with Crippen LogP contribution in [-0.4, -0.2) is 41.6 Å². The highest BCUT2D eigenvalue weighted by atomic mass is 35.5. The summed E-state index contributed by atoms with van der Waals surface area (Å²) in [7, 11) is -3.41. The summed E-state index contributed by atoms with van der Waals surface area (Å²) in [4.78, 5) is 11.8. The first-order chi connectivity index (χ1) is 8.33. The average molecular weight is 300 g/mol. The van der Waals surface area contributed by atoms with Gasteiger partial charge in [0, 0.05) is 13.1 Å². The van der Waals surface area contributed by atoms with E-state index < -0.39 is 18.6 Å². The van der Waals surface area contributed by atoms with E-state index in [9.17, 15) is 9.36 Å². The van der Waals surface area contributed by atoms with Crippen LogP contribution in [0.5, 0.6) is 0 Å². The van der Waals surface area contributed by atoms with Gasteiger partial charge in [-0.1, -0.05) is 25.4 Å². The maximum absolute atomic E-state index is 12.8. The van der Waals surface area contributed by atoms with Crippen LogP contribution in [0.25, 0.3) is 0 Å². The van der Waals surface area contributed by atoms with Gasteiger partial charge in [0.05, 0.1) is 12.7 Å². The normalized spacial score (nSPS) is 16.7. The van der Waals surface area contributed by atoms with Crippen molar-refractivity contribution in [2.75, 3.05) is 19.7 Å². The molecule has 0 saturated carbocycles. The van der Waals surface area contributed by atoms with E-state index in [0.29, 0.717) is 13.1 Å². The molecule has 0 fully saturated rings. The van der Waals surface area contributed by atoms with E-state index >= 15 is 0 Å². The Bertz CT molecular complexity index is 307. The summed E-state index contributed by atoms with van der Waals surface area (Å²) in [6.07, 6.45) is -0.300. The number of ether oxygens (including phenoxy) is 1. The van der Waals surface area contributed by atoms with E-state index in [1.807, 2.05) is 13.8 Å². The fourth-order valence-electron chi connectivity index (χ4n) is 1.51. The van der Waals surface area contributed by atoms with Crippen molar-refractivity contribution in [1.82, 2.24) is 4.67 Å². The predicted molar refractivity (Wildman–Crippen MR) is 73.0 cm³/mol. The van der Waals surface area contributed by atoms with Crippen LogP contribution in [0.4, 0.5) is 0 Å². The van der Waals surface area contributed by atoms with Crippen LogP contribution in [0.15, 0.2) is 0 Å². The van der Waals surface area contributed by atoms with E-state index in [1.54, 1.807) is 25.4 Å². The lowest BCUT2D eigenvalue weighted by molar-refractivity contribution is -0.145. The molecule has 0 aromatic heterocycles. The number of nitrogens with zero attached hydrogens (tertiary/aromatic N) is 1. The summed E-state index contributed by atoms with van der Waals surface area (Å²) in [6, 6.07) is 0. The van der Waals surface area contributed by atoms with Crippen LogP contribution in [0.1, 0.15) is 34.6 Å². The molecule has 0 N–H and O–H groups in total. The fraction of sp³-hybridized carbons (Fsp3) is 0.909. The summed E-state index contributed by atoms with van der Waals surface area (Å²) in [5.41, 5.74) is 0. The van der Waals surface area contributed by atoms with Crippen molar-refractivity contribution in [3.8, 4) is 0 Å². The number of esters is 1. The number of carbonyl (C=O) groups excluding carboxylic acids is 1. The van der Waals surface area contributed by atoms with E-state index in [4.69, 9.17) is 20.9 Å². The highest BCUT2D eigenvalue weighted by molar-refractivity contribution is 7.60. The molecule has 18 heavy (non-hydrogen) atoms. The van der Waals surface area contributed by atoms with Crippen molar-refractivity contribution in [3.05, 3.63) is 0 Å². The summed E-state index contributed by atoms with van der Waals surface area (Å²) in [5.74, 6) is -0.699. The first-order valence-corrected chi connectivity index (χ1v) is 8.25. The smallest absolute Gasteiger partial charge is 0.335 e. The van der Waals surface area contributed by atoms with E-state index in [0.717, 1.165) is 0 Å². The number of carbonyl (C=O) groups is 1. The fourth-order valence-corrected chi connectivity index (χ4v) is 4.17. The molecule has 0 heterocycles. The molecule has 0 spiro atoms. The Balaban J connectivity index is 5.08. The minimum atomic E-state index is -3.41. The highest BCUT2D eigenvalue weighted by Crippen LogP contribution is 2.57. The van der Waals surface area contributed by atoms with Gasteiger partial charge in [0.25, 0.3) is 0 Å². The third-order valence-electron chi connectivity index (χ3n) is 2.27. The van der Waals surface area contributed by atoms with E-state index in [2.05, 4.69) is 0 Å². The maximum Gasteiger partial charge on any atom is 0.335 e. The number of alkyl halides is 1. The zero-order valence-corrected chi connectivity index (χ0v) is 13.3. The Morgan fingerprint density at radius 2 is 1.78 bits per heavy atom. The van der Waals surface area contributed by atoms with Gasteiger partial charge >= 0.3 is 13.5 Å². The van der Waals surface area contributed by atoms with Crippen LogP contribution >= 0.6 is 19.1 Å². The molecule has 0 aromatic rings. The van der Waals surface area contributed by atoms with Gasteiger partial charge in [-0.15, -0.1) is 0 Å². The lowest BCUT2D eigenvalue weighted by atomic mass is 10.5. The first kappa shape index (κ1) is 17.9. The molecule has 5 nitrogen and oxygen atoms in total. The number of rotatable bonds is 8. The van der Waals surface area contributed by atoms with Gasteiger partial charge in [-0.3, -0.25) is 4.57 Å². The zero-order chi connectivity index (χ0) is 14.3. The van der Waals surface area contributed by atoms with Gasteiger partial charge in [-0.25, -0.2) is 9.46 Å². The van der Waals surface area contributed by atoms with E-state index in [1.165, 1.54) is 0 Å². The summed E-state index contributed by atoms with van der Waals surface area (Å²) < 4.78 is 24.6. The molecule has 0 aliphatic rings. The number of hydrogen-bond donors (Lipinski definition) is 0. The SMILES string of the molecule is CCOP(=O)(C(Cl)C(=O)OC(C)C)N(CC)CC. The predicted octanol–water partition coefficient (Wildman–Crippen LogP) is 3.07. The third kappa shape index (κ3) is 4.54. The average Bonchev–Trinajstić information content (AvgIpc) is 2.28. The van der Waals surface area contributed by atoms with Crippen LogP contribution < -0.4 is 0 Å². The Labute approximate surface area is 114 Å². The Morgan fingerprint density at radius 1 is 1.28 bits per heavy atom. The first-order valence-electron chi connectivity index (χ1n) is 6.17. The van der Waals surface area contributed by atoms with Crippen LogP contribution in [0.2, 0.25) is 0 Å². The minimum Gasteiger partial charge on any atom is -0.461 e. The second kappa shape index (κ2) is 8.16.